The summed E-state index contributed by atoms with van der Waals surface area (Å²) in [4.78, 5) is 21.9. The molecule has 0 atom stereocenters. The maximum absolute atomic E-state index is 12.8. The number of carbonyl (C=O) groups is 1. The van der Waals surface area contributed by atoms with E-state index < -0.39 is 10.0 Å². The second-order valence-corrected chi connectivity index (χ2v) is 11.2. The molecule has 4 rings (SSSR count). The third-order valence-electron chi connectivity index (χ3n) is 6.04. The summed E-state index contributed by atoms with van der Waals surface area (Å²) in [6.45, 7) is 5.01. The number of thiophene rings is 1. The SMILES string of the molecule is CN1CCN(c2ncccc2CNC(=O)C2CCN(S(=O)(=O)c3cccs3)CC2)CC1. The molecule has 2 aliphatic rings. The van der Waals surface area contributed by atoms with Crippen molar-refractivity contribution in [2.45, 2.75) is 23.6 Å². The normalized spacial score (nSPS) is 19.5. The number of aromatic nitrogens is 1. The van der Waals surface area contributed by atoms with Gasteiger partial charge in [-0.2, -0.15) is 4.31 Å². The second kappa shape index (κ2) is 9.64. The first kappa shape index (κ1) is 22.2. The van der Waals surface area contributed by atoms with Gasteiger partial charge in [-0.15, -0.1) is 11.3 Å². The van der Waals surface area contributed by atoms with Crippen LogP contribution in [-0.4, -0.2) is 74.8 Å². The van der Waals surface area contributed by atoms with Crippen LogP contribution in [0.2, 0.25) is 0 Å². The van der Waals surface area contributed by atoms with Gasteiger partial charge in [0.15, 0.2) is 0 Å². The van der Waals surface area contributed by atoms with Crippen LogP contribution >= 0.6 is 11.3 Å². The Morgan fingerprint density at radius 2 is 1.87 bits per heavy atom. The molecule has 10 heteroatoms. The summed E-state index contributed by atoms with van der Waals surface area (Å²) in [6, 6.07) is 7.28. The number of carbonyl (C=O) groups excluding carboxylic acids is 1. The standard InChI is InChI=1S/C21H29N5O3S2/c1-24-11-13-25(14-12-24)20-18(4-2-8-22-20)16-23-21(27)17-6-9-26(10-7-17)31(28,29)19-5-3-15-30-19/h2-5,8,15,17H,6-7,9-14,16H2,1H3,(H,23,27). The van der Waals surface area contributed by atoms with Gasteiger partial charge in [-0.25, -0.2) is 13.4 Å². The molecule has 2 saturated heterocycles. The lowest BCUT2D eigenvalue weighted by atomic mass is 9.97. The van der Waals surface area contributed by atoms with Gasteiger partial charge in [-0.3, -0.25) is 4.79 Å². The van der Waals surface area contributed by atoms with E-state index in [1.54, 1.807) is 23.7 Å². The van der Waals surface area contributed by atoms with E-state index >= 15 is 0 Å². The molecular weight excluding hydrogens is 434 g/mol. The van der Waals surface area contributed by atoms with Crippen LogP contribution in [0.4, 0.5) is 5.82 Å². The molecule has 2 aromatic heterocycles. The van der Waals surface area contributed by atoms with Crippen molar-refractivity contribution >= 4 is 33.1 Å². The zero-order valence-electron chi connectivity index (χ0n) is 17.7. The maximum Gasteiger partial charge on any atom is 0.252 e. The van der Waals surface area contributed by atoms with Crippen molar-refractivity contribution in [3.63, 3.8) is 0 Å². The minimum atomic E-state index is -3.44. The van der Waals surface area contributed by atoms with Crippen LogP contribution < -0.4 is 10.2 Å². The van der Waals surface area contributed by atoms with Crippen LogP contribution in [0.5, 0.6) is 0 Å². The lowest BCUT2D eigenvalue weighted by Gasteiger charge is -2.34. The van der Waals surface area contributed by atoms with Gasteiger partial charge < -0.3 is 15.1 Å². The predicted molar refractivity (Wildman–Crippen MR) is 122 cm³/mol. The number of hydrogen-bond acceptors (Lipinski definition) is 7. The first-order valence-electron chi connectivity index (χ1n) is 10.6. The topological polar surface area (TPSA) is 85.8 Å². The van der Waals surface area contributed by atoms with Crippen LogP contribution in [0, 0.1) is 5.92 Å². The van der Waals surface area contributed by atoms with Crippen molar-refractivity contribution in [2.24, 2.45) is 5.92 Å². The Balaban J connectivity index is 1.31. The molecule has 0 spiro atoms. The number of piperidine rings is 1. The third kappa shape index (κ3) is 5.08. The number of hydrogen-bond donors (Lipinski definition) is 1. The summed E-state index contributed by atoms with van der Waals surface area (Å²) in [5.74, 6) is 0.757. The molecule has 2 fully saturated rings. The molecule has 0 saturated carbocycles. The van der Waals surface area contributed by atoms with Gasteiger partial charge in [0.2, 0.25) is 5.91 Å². The number of sulfonamides is 1. The Morgan fingerprint density at radius 1 is 1.13 bits per heavy atom. The number of pyridine rings is 1. The smallest absolute Gasteiger partial charge is 0.252 e. The minimum absolute atomic E-state index is 0.0126. The lowest BCUT2D eigenvalue weighted by molar-refractivity contribution is -0.126. The van der Waals surface area contributed by atoms with Gasteiger partial charge in [0, 0.05) is 63.5 Å². The Hall–Kier alpha value is -2.01. The van der Waals surface area contributed by atoms with E-state index in [2.05, 4.69) is 27.1 Å². The summed E-state index contributed by atoms with van der Waals surface area (Å²) < 4.78 is 27.2. The molecular formula is C21H29N5O3S2. The van der Waals surface area contributed by atoms with Gasteiger partial charge in [0.25, 0.3) is 10.0 Å². The fourth-order valence-corrected chi connectivity index (χ4v) is 6.71. The lowest BCUT2D eigenvalue weighted by Crippen LogP contribution is -2.45. The summed E-state index contributed by atoms with van der Waals surface area (Å²) in [7, 11) is -1.32. The molecule has 0 bridgehead atoms. The largest absolute Gasteiger partial charge is 0.354 e. The van der Waals surface area contributed by atoms with E-state index in [1.807, 2.05) is 12.1 Å². The van der Waals surface area contributed by atoms with Crippen molar-refractivity contribution in [1.82, 2.24) is 19.5 Å². The average molecular weight is 464 g/mol. The first-order valence-corrected chi connectivity index (χ1v) is 13.0. The molecule has 0 radical (unpaired) electrons. The molecule has 1 N–H and O–H groups in total. The van der Waals surface area contributed by atoms with Crippen molar-refractivity contribution in [1.29, 1.82) is 0 Å². The van der Waals surface area contributed by atoms with Gasteiger partial charge >= 0.3 is 0 Å². The fourth-order valence-electron chi connectivity index (χ4n) is 4.09. The Bertz CT molecular complexity index is 980. The zero-order valence-corrected chi connectivity index (χ0v) is 19.4. The molecule has 8 nitrogen and oxygen atoms in total. The summed E-state index contributed by atoms with van der Waals surface area (Å²) in [5.41, 5.74) is 1.01. The van der Waals surface area contributed by atoms with Crippen molar-refractivity contribution in [2.75, 3.05) is 51.2 Å². The predicted octanol–water partition coefficient (Wildman–Crippen LogP) is 1.61. The van der Waals surface area contributed by atoms with Gasteiger partial charge in [0.1, 0.15) is 10.0 Å². The number of anilines is 1. The summed E-state index contributed by atoms with van der Waals surface area (Å²) in [5, 5.41) is 4.82. The number of rotatable bonds is 6. The highest BCUT2D eigenvalue weighted by Crippen LogP contribution is 2.26. The van der Waals surface area contributed by atoms with Gasteiger partial charge in [-0.05, 0) is 37.4 Å². The highest BCUT2D eigenvalue weighted by molar-refractivity contribution is 7.91. The van der Waals surface area contributed by atoms with Crippen LogP contribution in [0.3, 0.4) is 0 Å². The van der Waals surface area contributed by atoms with Crippen molar-refractivity contribution in [3.05, 3.63) is 41.4 Å². The van der Waals surface area contributed by atoms with Gasteiger partial charge in [-0.1, -0.05) is 12.1 Å². The van der Waals surface area contributed by atoms with E-state index in [0.717, 1.165) is 37.6 Å². The van der Waals surface area contributed by atoms with Crippen molar-refractivity contribution < 1.29 is 13.2 Å². The number of piperazine rings is 1. The molecule has 168 valence electrons. The zero-order chi connectivity index (χ0) is 21.8. The summed E-state index contributed by atoms with van der Waals surface area (Å²) in [6.07, 6.45) is 2.87. The fraction of sp³-hybridized carbons (Fsp3) is 0.524. The van der Waals surface area contributed by atoms with Gasteiger partial charge in [0.05, 0.1) is 0 Å². The van der Waals surface area contributed by atoms with E-state index in [0.29, 0.717) is 36.7 Å². The molecule has 0 aliphatic carbocycles. The Labute approximate surface area is 187 Å². The molecule has 4 heterocycles. The Morgan fingerprint density at radius 3 is 2.55 bits per heavy atom. The van der Waals surface area contributed by atoms with E-state index in [4.69, 9.17) is 0 Å². The molecule has 0 aromatic carbocycles. The average Bonchev–Trinajstić information content (AvgIpc) is 3.34. The summed E-state index contributed by atoms with van der Waals surface area (Å²) >= 11 is 1.23. The number of nitrogens with one attached hydrogen (secondary N) is 1. The minimum Gasteiger partial charge on any atom is -0.354 e. The van der Waals surface area contributed by atoms with Crippen LogP contribution in [0.1, 0.15) is 18.4 Å². The molecule has 2 aliphatic heterocycles. The highest BCUT2D eigenvalue weighted by atomic mass is 32.2. The second-order valence-electron chi connectivity index (χ2n) is 8.10. The molecule has 1 amide bonds. The first-order chi connectivity index (χ1) is 14.9. The monoisotopic (exact) mass is 463 g/mol. The van der Waals surface area contributed by atoms with Crippen LogP contribution in [0.15, 0.2) is 40.1 Å². The number of likely N-dealkylation sites (N-methyl/N-ethyl adjacent to an activating group) is 1. The quantitative estimate of drug-likeness (QED) is 0.701. The van der Waals surface area contributed by atoms with Crippen LogP contribution in [-0.2, 0) is 21.4 Å². The van der Waals surface area contributed by atoms with Crippen LogP contribution in [0.25, 0.3) is 0 Å². The number of amides is 1. The van der Waals surface area contributed by atoms with E-state index in [-0.39, 0.29) is 11.8 Å². The molecule has 2 aromatic rings. The molecule has 0 unspecified atom stereocenters. The maximum atomic E-state index is 12.8. The highest BCUT2D eigenvalue weighted by Gasteiger charge is 2.32. The Kier molecular flexibility index (Phi) is 6.90. The van der Waals surface area contributed by atoms with E-state index in [9.17, 15) is 13.2 Å². The third-order valence-corrected chi connectivity index (χ3v) is 9.31. The van der Waals surface area contributed by atoms with E-state index in [1.165, 1.54) is 15.6 Å². The number of nitrogens with zero attached hydrogens (tertiary/aromatic N) is 4. The van der Waals surface area contributed by atoms with Crippen molar-refractivity contribution in [3.8, 4) is 0 Å². The molecule has 31 heavy (non-hydrogen) atoms.